The molecule has 0 unspecified atom stereocenters. The van der Waals surface area contributed by atoms with Crippen molar-refractivity contribution in [2.45, 2.75) is 12.8 Å². The number of nitrogens with one attached hydrogen (secondary N) is 1. The second kappa shape index (κ2) is 7.64. The lowest BCUT2D eigenvalue weighted by molar-refractivity contribution is -0.130. The average molecular weight is 324 g/mol. The van der Waals surface area contributed by atoms with Crippen LogP contribution < -0.4 is 5.32 Å². The lowest BCUT2D eigenvalue weighted by Gasteiger charge is -2.26. The number of furan rings is 1. The molecule has 2 amide bonds. The van der Waals surface area contributed by atoms with Gasteiger partial charge >= 0.3 is 0 Å². The molecule has 2 aromatic rings. The van der Waals surface area contributed by atoms with Gasteiger partial charge in [-0.05, 0) is 29.7 Å². The van der Waals surface area contributed by atoms with Crippen LogP contribution in [0.4, 0.5) is 0 Å². The minimum Gasteiger partial charge on any atom is -0.459 e. The zero-order chi connectivity index (χ0) is 16.8. The fraction of sp³-hybridized carbons (Fsp3) is 0.263. The normalized spacial score (nSPS) is 14.2. The Hall–Kier alpha value is -2.82. The van der Waals surface area contributed by atoms with Crippen LogP contribution in [-0.2, 0) is 4.79 Å². The van der Waals surface area contributed by atoms with E-state index in [0.717, 1.165) is 6.42 Å². The quantitative estimate of drug-likeness (QED) is 0.920. The monoisotopic (exact) mass is 324 g/mol. The number of nitrogens with zero attached hydrogens (tertiary/aromatic N) is 1. The van der Waals surface area contributed by atoms with Crippen molar-refractivity contribution in [1.82, 2.24) is 10.2 Å². The van der Waals surface area contributed by atoms with Gasteiger partial charge in [0.2, 0.25) is 5.91 Å². The van der Waals surface area contributed by atoms with Crippen molar-refractivity contribution in [3.05, 3.63) is 66.1 Å². The predicted octanol–water partition coefficient (Wildman–Crippen LogP) is 2.72. The fourth-order valence-electron chi connectivity index (χ4n) is 2.75. The number of amides is 2. The molecular weight excluding hydrogens is 304 g/mol. The largest absolute Gasteiger partial charge is 0.459 e. The first-order valence-electron chi connectivity index (χ1n) is 8.08. The van der Waals surface area contributed by atoms with Crippen molar-refractivity contribution in [3.63, 3.8) is 0 Å². The van der Waals surface area contributed by atoms with Gasteiger partial charge in [0.05, 0.1) is 6.26 Å². The third-order valence-electron chi connectivity index (χ3n) is 4.08. The van der Waals surface area contributed by atoms with Gasteiger partial charge in [-0.2, -0.15) is 0 Å². The van der Waals surface area contributed by atoms with Gasteiger partial charge in [-0.3, -0.25) is 9.59 Å². The van der Waals surface area contributed by atoms with Gasteiger partial charge in [0, 0.05) is 26.1 Å². The molecule has 0 atom stereocenters. The van der Waals surface area contributed by atoms with E-state index in [1.165, 1.54) is 17.4 Å². The summed E-state index contributed by atoms with van der Waals surface area (Å²) < 4.78 is 5.01. The van der Waals surface area contributed by atoms with Crippen molar-refractivity contribution in [1.29, 1.82) is 0 Å². The molecule has 0 spiro atoms. The molecule has 0 fully saturated rings. The summed E-state index contributed by atoms with van der Waals surface area (Å²) in [5.41, 5.74) is 2.50. The molecule has 5 nitrogen and oxygen atoms in total. The average Bonchev–Trinajstić information content (AvgIpc) is 3.17. The third-order valence-corrected chi connectivity index (χ3v) is 4.08. The molecule has 1 aromatic heterocycles. The first-order chi connectivity index (χ1) is 11.7. The highest BCUT2D eigenvalue weighted by molar-refractivity contribution is 5.91. The standard InChI is InChI=1S/C19H20N2O3/c22-18(8-11-20-19(23)17-7-4-14-24-17)21-12-9-16(10-13-21)15-5-2-1-3-6-15/h1-7,9,14H,8,10-13H2,(H,20,23). The van der Waals surface area contributed by atoms with Crippen LogP contribution in [0.2, 0.25) is 0 Å². The van der Waals surface area contributed by atoms with Gasteiger partial charge in [-0.15, -0.1) is 0 Å². The highest BCUT2D eigenvalue weighted by Gasteiger charge is 2.18. The van der Waals surface area contributed by atoms with E-state index in [0.29, 0.717) is 26.1 Å². The minimum absolute atomic E-state index is 0.0538. The van der Waals surface area contributed by atoms with Gasteiger partial charge in [0.15, 0.2) is 5.76 Å². The lowest BCUT2D eigenvalue weighted by atomic mass is 9.99. The van der Waals surface area contributed by atoms with Gasteiger partial charge in [-0.1, -0.05) is 36.4 Å². The minimum atomic E-state index is -0.294. The van der Waals surface area contributed by atoms with Gasteiger partial charge < -0.3 is 14.6 Å². The summed E-state index contributed by atoms with van der Waals surface area (Å²) in [4.78, 5) is 25.8. The second-order valence-electron chi connectivity index (χ2n) is 5.67. The van der Waals surface area contributed by atoms with E-state index in [9.17, 15) is 9.59 Å². The molecule has 5 heteroatoms. The molecule has 3 rings (SSSR count). The zero-order valence-electron chi connectivity index (χ0n) is 13.4. The number of rotatable bonds is 5. The Bertz CT molecular complexity index is 720. The zero-order valence-corrected chi connectivity index (χ0v) is 13.4. The number of carbonyl (C=O) groups excluding carboxylic acids is 2. The Morgan fingerprint density at radius 3 is 2.62 bits per heavy atom. The topological polar surface area (TPSA) is 62.6 Å². The molecule has 0 aliphatic carbocycles. The van der Waals surface area contributed by atoms with Crippen LogP contribution in [0.15, 0.2) is 59.2 Å². The molecule has 1 N–H and O–H groups in total. The maximum atomic E-state index is 12.2. The molecule has 1 aliphatic heterocycles. The van der Waals surface area contributed by atoms with E-state index in [-0.39, 0.29) is 17.6 Å². The van der Waals surface area contributed by atoms with Crippen molar-refractivity contribution in [2.24, 2.45) is 0 Å². The van der Waals surface area contributed by atoms with Crippen LogP contribution in [0.25, 0.3) is 5.57 Å². The van der Waals surface area contributed by atoms with Crippen molar-refractivity contribution < 1.29 is 14.0 Å². The first kappa shape index (κ1) is 16.1. The van der Waals surface area contributed by atoms with Crippen molar-refractivity contribution in [3.8, 4) is 0 Å². The Labute approximate surface area is 141 Å². The van der Waals surface area contributed by atoms with Crippen LogP contribution in [0.5, 0.6) is 0 Å². The van der Waals surface area contributed by atoms with E-state index in [1.54, 1.807) is 12.1 Å². The summed E-state index contributed by atoms with van der Waals surface area (Å²) in [7, 11) is 0. The Morgan fingerprint density at radius 1 is 1.12 bits per heavy atom. The smallest absolute Gasteiger partial charge is 0.286 e. The first-order valence-corrected chi connectivity index (χ1v) is 8.08. The number of hydrogen-bond donors (Lipinski definition) is 1. The van der Waals surface area contributed by atoms with E-state index in [2.05, 4.69) is 23.5 Å². The number of carbonyl (C=O) groups is 2. The van der Waals surface area contributed by atoms with Crippen LogP contribution in [0.3, 0.4) is 0 Å². The van der Waals surface area contributed by atoms with Gasteiger partial charge in [0.25, 0.3) is 5.91 Å². The van der Waals surface area contributed by atoms with Crippen LogP contribution >= 0.6 is 0 Å². The molecule has 1 aromatic carbocycles. The maximum absolute atomic E-state index is 12.2. The molecule has 2 heterocycles. The van der Waals surface area contributed by atoms with Crippen LogP contribution in [0.1, 0.15) is 29.0 Å². The molecule has 0 bridgehead atoms. The molecular formula is C19H20N2O3. The summed E-state index contributed by atoms with van der Waals surface area (Å²) >= 11 is 0. The third kappa shape index (κ3) is 3.93. The maximum Gasteiger partial charge on any atom is 0.286 e. The molecule has 0 saturated carbocycles. The molecule has 0 radical (unpaired) electrons. The molecule has 124 valence electrons. The highest BCUT2D eigenvalue weighted by Crippen LogP contribution is 2.22. The van der Waals surface area contributed by atoms with Crippen LogP contribution in [-0.4, -0.2) is 36.3 Å². The van der Waals surface area contributed by atoms with Crippen molar-refractivity contribution in [2.75, 3.05) is 19.6 Å². The van der Waals surface area contributed by atoms with Gasteiger partial charge in [-0.25, -0.2) is 0 Å². The van der Waals surface area contributed by atoms with E-state index in [4.69, 9.17) is 4.42 Å². The van der Waals surface area contributed by atoms with Gasteiger partial charge in [0.1, 0.15) is 0 Å². The second-order valence-corrected chi connectivity index (χ2v) is 5.67. The molecule has 1 aliphatic rings. The van der Waals surface area contributed by atoms with E-state index < -0.39 is 0 Å². The Morgan fingerprint density at radius 2 is 1.96 bits per heavy atom. The summed E-state index contributed by atoms with van der Waals surface area (Å²) in [6.07, 6.45) is 4.71. The molecule has 24 heavy (non-hydrogen) atoms. The SMILES string of the molecule is O=C(NCCC(=O)N1CC=C(c2ccccc2)CC1)c1ccco1. The Kier molecular flexibility index (Phi) is 5.11. The predicted molar refractivity (Wildman–Crippen MR) is 91.3 cm³/mol. The van der Waals surface area contributed by atoms with Crippen molar-refractivity contribution >= 4 is 17.4 Å². The molecule has 0 saturated heterocycles. The lowest BCUT2D eigenvalue weighted by Crippen LogP contribution is -2.37. The highest BCUT2D eigenvalue weighted by atomic mass is 16.3. The summed E-state index contributed by atoms with van der Waals surface area (Å²) in [5.74, 6) is 0.0201. The fourth-order valence-corrected chi connectivity index (χ4v) is 2.75. The number of hydrogen-bond acceptors (Lipinski definition) is 3. The van der Waals surface area contributed by atoms with E-state index in [1.807, 2.05) is 23.1 Å². The summed E-state index contributed by atoms with van der Waals surface area (Å²) in [6, 6.07) is 13.5. The van der Waals surface area contributed by atoms with Crippen LogP contribution in [0, 0.1) is 0 Å². The Balaban J connectivity index is 1.45. The number of benzene rings is 1. The summed E-state index contributed by atoms with van der Waals surface area (Å²) in [6.45, 7) is 1.64. The van der Waals surface area contributed by atoms with E-state index >= 15 is 0 Å². The summed E-state index contributed by atoms with van der Waals surface area (Å²) in [5, 5.41) is 2.69.